The molecule has 0 heterocycles. The largest absolute Gasteiger partial charge is 0.481 e. The lowest BCUT2D eigenvalue weighted by Gasteiger charge is -2.64. The summed E-state index contributed by atoms with van der Waals surface area (Å²) in [5, 5.41) is 41.0. The molecule has 0 saturated heterocycles. The third-order valence-corrected chi connectivity index (χ3v) is 11.4. The number of aliphatic hydroxyl groups excluding tert-OH is 2. The predicted octanol–water partition coefficient (Wildman–Crippen LogP) is 4.42. The summed E-state index contributed by atoms with van der Waals surface area (Å²) in [5.41, 5.74) is 0.172. The van der Waals surface area contributed by atoms with Crippen LogP contribution in [0, 0.1) is 58.2 Å². The number of hydrogen-bond donors (Lipinski definition) is 4. The highest BCUT2D eigenvalue weighted by Crippen LogP contribution is 2.69. The number of aliphatic carboxylic acids is 2. The first-order valence-corrected chi connectivity index (χ1v) is 13.3. The molecule has 6 nitrogen and oxygen atoms in total. The van der Waals surface area contributed by atoms with E-state index in [1.165, 1.54) is 0 Å². The smallest absolute Gasteiger partial charge is 0.317 e. The van der Waals surface area contributed by atoms with Crippen LogP contribution in [-0.2, 0) is 9.59 Å². The summed E-state index contributed by atoms with van der Waals surface area (Å²) in [5.74, 6) is -1.84. The van der Waals surface area contributed by atoms with Gasteiger partial charge in [-0.1, -0.05) is 34.1 Å². The summed E-state index contributed by atoms with van der Waals surface area (Å²) in [6.45, 7) is 8.98. The molecule has 0 aromatic carbocycles. The lowest BCUT2D eigenvalue weighted by molar-refractivity contribution is -0.203. The molecule has 0 spiro atoms. The van der Waals surface area contributed by atoms with E-state index >= 15 is 0 Å². The Labute approximate surface area is 198 Å². The van der Waals surface area contributed by atoms with Crippen molar-refractivity contribution in [2.75, 3.05) is 0 Å². The summed E-state index contributed by atoms with van der Waals surface area (Å²) in [6, 6.07) is 0. The van der Waals surface area contributed by atoms with Crippen LogP contribution in [0.1, 0.15) is 85.5 Å². The lowest BCUT2D eigenvalue weighted by Crippen LogP contribution is -2.62. The van der Waals surface area contributed by atoms with Crippen molar-refractivity contribution in [2.24, 2.45) is 58.2 Å². The minimum absolute atomic E-state index is 0.0127. The molecule has 33 heavy (non-hydrogen) atoms. The molecule has 0 radical (unpaired) electrons. The highest BCUT2D eigenvalue weighted by atomic mass is 16.4. The average molecular weight is 465 g/mol. The van der Waals surface area contributed by atoms with Gasteiger partial charge in [0, 0.05) is 0 Å². The van der Waals surface area contributed by atoms with Gasteiger partial charge in [-0.15, -0.1) is 0 Å². The van der Waals surface area contributed by atoms with E-state index in [4.69, 9.17) is 0 Å². The van der Waals surface area contributed by atoms with Crippen LogP contribution in [0.4, 0.5) is 0 Å². The molecule has 188 valence electrons. The van der Waals surface area contributed by atoms with Crippen molar-refractivity contribution in [3.63, 3.8) is 0 Å². The number of hydrogen-bond acceptors (Lipinski definition) is 4. The second kappa shape index (κ2) is 8.82. The van der Waals surface area contributed by atoms with Gasteiger partial charge in [-0.25, -0.2) is 0 Å². The number of aliphatic hydroxyl groups is 2. The molecule has 4 aliphatic carbocycles. The molecule has 0 amide bonds. The molecule has 4 fully saturated rings. The van der Waals surface area contributed by atoms with Gasteiger partial charge in [0.25, 0.3) is 0 Å². The maximum Gasteiger partial charge on any atom is 0.317 e. The van der Waals surface area contributed by atoms with Gasteiger partial charge in [0.05, 0.1) is 12.2 Å². The summed E-state index contributed by atoms with van der Waals surface area (Å²) in [4.78, 5) is 23.0. The number of carboxylic acid groups (broad SMARTS) is 2. The van der Waals surface area contributed by atoms with Crippen LogP contribution in [0.5, 0.6) is 0 Å². The van der Waals surface area contributed by atoms with Crippen molar-refractivity contribution in [3.05, 3.63) is 0 Å². The number of fused-ring (bicyclic) bond motifs is 5. The fourth-order valence-electron chi connectivity index (χ4n) is 9.78. The van der Waals surface area contributed by atoms with E-state index in [0.29, 0.717) is 17.8 Å². The van der Waals surface area contributed by atoms with Crippen LogP contribution in [-0.4, -0.2) is 44.6 Å². The summed E-state index contributed by atoms with van der Waals surface area (Å²) in [6.07, 6.45) is 7.35. The number of rotatable bonds is 6. The molecule has 4 N–H and O–H groups in total. The van der Waals surface area contributed by atoms with Crippen LogP contribution in [0.25, 0.3) is 0 Å². The zero-order valence-corrected chi connectivity index (χ0v) is 20.7. The fraction of sp³-hybridized carbons (Fsp3) is 0.926. The Balaban J connectivity index is 1.61. The van der Waals surface area contributed by atoms with Crippen molar-refractivity contribution >= 4 is 11.9 Å². The number of carbonyl (C=O) groups is 2. The van der Waals surface area contributed by atoms with Crippen LogP contribution in [0.3, 0.4) is 0 Å². The Morgan fingerprint density at radius 3 is 2.12 bits per heavy atom. The highest BCUT2D eigenvalue weighted by molar-refractivity contribution is 5.92. The van der Waals surface area contributed by atoms with E-state index in [0.717, 1.165) is 51.4 Å². The summed E-state index contributed by atoms with van der Waals surface area (Å²) < 4.78 is 0. The first-order chi connectivity index (χ1) is 15.5. The Morgan fingerprint density at radius 1 is 0.909 bits per heavy atom. The van der Waals surface area contributed by atoms with E-state index in [1.54, 1.807) is 0 Å². The normalized spacial score (nSPS) is 48.0. The maximum absolute atomic E-state index is 11.7. The third-order valence-electron chi connectivity index (χ3n) is 11.4. The van der Waals surface area contributed by atoms with Gasteiger partial charge in [-0.2, -0.15) is 0 Å². The zero-order valence-electron chi connectivity index (χ0n) is 20.7. The zero-order chi connectivity index (χ0) is 24.3. The van der Waals surface area contributed by atoms with Gasteiger partial charge in [0.2, 0.25) is 0 Å². The molecule has 6 heteroatoms. The number of carboxylic acids is 2. The molecule has 11 atom stereocenters. The van der Waals surface area contributed by atoms with E-state index < -0.39 is 17.9 Å². The molecule has 4 rings (SSSR count). The van der Waals surface area contributed by atoms with E-state index in [-0.39, 0.29) is 53.1 Å². The topological polar surface area (TPSA) is 115 Å². The standard InChI is InChI=1S/C27H44O6/c1-5-16-21-13-15(28)8-10-27(21,4)20-9-11-26(3)18(6-7-19(26)22(20)23(16)29)14(2)12-17(24(30)31)25(32)33/h14-23,28-29H,5-13H2,1-4H3,(H,30,31)(H,32,33)/t14-,15-,16-,18?,19?,20?,21+,22?,23-,26-,27-/m1/s1. The molecule has 0 aromatic heterocycles. The molecule has 4 unspecified atom stereocenters. The van der Waals surface area contributed by atoms with Crippen molar-refractivity contribution in [1.82, 2.24) is 0 Å². The Bertz CT molecular complexity index is 754. The first-order valence-electron chi connectivity index (χ1n) is 13.3. The second-order valence-electron chi connectivity index (χ2n) is 12.6. The Morgan fingerprint density at radius 2 is 1.52 bits per heavy atom. The summed E-state index contributed by atoms with van der Waals surface area (Å²) >= 11 is 0. The van der Waals surface area contributed by atoms with Gasteiger partial charge in [-0.3, -0.25) is 9.59 Å². The molecule has 4 aliphatic rings. The van der Waals surface area contributed by atoms with Crippen LogP contribution >= 0.6 is 0 Å². The average Bonchev–Trinajstić information content (AvgIpc) is 3.10. The SMILES string of the molecule is CC[C@H]1[C@@H](O)C2C3CCC([C@H](C)CC(C(=O)O)C(=O)O)[C@@]3(C)CCC2[C@@]2(C)CC[C@@H](O)C[C@@H]12. The minimum atomic E-state index is -1.35. The first kappa shape index (κ1) is 25.0. The van der Waals surface area contributed by atoms with Crippen LogP contribution < -0.4 is 0 Å². The quantitative estimate of drug-likeness (QED) is 0.433. The van der Waals surface area contributed by atoms with Gasteiger partial charge in [0.1, 0.15) is 0 Å². The van der Waals surface area contributed by atoms with Gasteiger partial charge in [0.15, 0.2) is 5.92 Å². The predicted molar refractivity (Wildman–Crippen MR) is 124 cm³/mol. The highest BCUT2D eigenvalue weighted by Gasteiger charge is 2.65. The van der Waals surface area contributed by atoms with Gasteiger partial charge < -0.3 is 20.4 Å². The maximum atomic E-state index is 11.7. The minimum Gasteiger partial charge on any atom is -0.481 e. The van der Waals surface area contributed by atoms with Crippen molar-refractivity contribution in [2.45, 2.75) is 97.7 Å². The van der Waals surface area contributed by atoms with Crippen molar-refractivity contribution in [3.8, 4) is 0 Å². The van der Waals surface area contributed by atoms with E-state index in [1.807, 2.05) is 6.92 Å². The molecule has 0 bridgehead atoms. The van der Waals surface area contributed by atoms with Gasteiger partial charge >= 0.3 is 11.9 Å². The van der Waals surface area contributed by atoms with Gasteiger partial charge in [-0.05, 0) is 104 Å². The molecule has 0 aromatic rings. The summed E-state index contributed by atoms with van der Waals surface area (Å²) in [7, 11) is 0. The van der Waals surface area contributed by atoms with Crippen molar-refractivity contribution < 1.29 is 30.0 Å². The molecular formula is C27H44O6. The van der Waals surface area contributed by atoms with Crippen LogP contribution in [0.15, 0.2) is 0 Å². The molecular weight excluding hydrogens is 420 g/mol. The lowest BCUT2D eigenvalue weighted by atomic mass is 9.41. The van der Waals surface area contributed by atoms with Crippen molar-refractivity contribution in [1.29, 1.82) is 0 Å². The second-order valence-corrected chi connectivity index (χ2v) is 12.6. The Kier molecular flexibility index (Phi) is 6.67. The molecule has 0 aliphatic heterocycles. The monoisotopic (exact) mass is 464 g/mol. The van der Waals surface area contributed by atoms with Crippen LogP contribution in [0.2, 0.25) is 0 Å². The fourth-order valence-corrected chi connectivity index (χ4v) is 9.78. The van der Waals surface area contributed by atoms with E-state index in [9.17, 15) is 30.0 Å². The Hall–Kier alpha value is -1.14. The van der Waals surface area contributed by atoms with E-state index in [2.05, 4.69) is 20.8 Å². The third kappa shape index (κ3) is 3.84. The molecule has 4 saturated carbocycles.